The van der Waals surface area contributed by atoms with Crippen LogP contribution >= 0.6 is 11.3 Å². The Morgan fingerprint density at radius 3 is 2.94 bits per heavy atom. The van der Waals surface area contributed by atoms with Crippen molar-refractivity contribution in [1.29, 1.82) is 0 Å². The summed E-state index contributed by atoms with van der Waals surface area (Å²) >= 11 is 1.77. The topological polar surface area (TPSA) is 46.3 Å². The molecular weight excluding hydrogens is 244 g/mol. The van der Waals surface area contributed by atoms with Gasteiger partial charge in [-0.25, -0.2) is 0 Å². The Balaban J connectivity index is 2.02. The van der Waals surface area contributed by atoms with Crippen molar-refractivity contribution in [2.75, 3.05) is 13.1 Å². The van der Waals surface area contributed by atoms with Crippen LogP contribution in [0.4, 0.5) is 0 Å². The number of carbonyl (C=O) groups is 1. The summed E-state index contributed by atoms with van der Waals surface area (Å²) in [6.07, 6.45) is 1.62. The molecule has 1 aromatic rings. The number of hydrogen-bond donors (Lipinski definition) is 1. The highest BCUT2D eigenvalue weighted by molar-refractivity contribution is 7.10. The van der Waals surface area contributed by atoms with E-state index in [0.29, 0.717) is 24.8 Å². The molecule has 1 saturated heterocycles. The monoisotopic (exact) mass is 266 g/mol. The van der Waals surface area contributed by atoms with Crippen LogP contribution in [-0.2, 0) is 4.79 Å². The van der Waals surface area contributed by atoms with Crippen molar-refractivity contribution in [3.8, 4) is 0 Å². The summed E-state index contributed by atoms with van der Waals surface area (Å²) in [6, 6.07) is 4.33. The van der Waals surface area contributed by atoms with Gasteiger partial charge in [0.05, 0.1) is 0 Å². The Hall–Kier alpha value is -0.870. The second kappa shape index (κ2) is 5.85. The summed E-state index contributed by atoms with van der Waals surface area (Å²) in [4.78, 5) is 15.5. The van der Waals surface area contributed by atoms with E-state index in [1.165, 1.54) is 4.88 Å². The van der Waals surface area contributed by atoms with Gasteiger partial charge in [-0.15, -0.1) is 11.3 Å². The summed E-state index contributed by atoms with van der Waals surface area (Å²) in [6.45, 7) is 5.71. The molecule has 1 amide bonds. The maximum absolute atomic E-state index is 12.1. The van der Waals surface area contributed by atoms with Crippen LogP contribution in [0.25, 0.3) is 0 Å². The highest BCUT2D eigenvalue weighted by Gasteiger charge is 2.29. The number of nitrogens with two attached hydrogens (primary N) is 1. The summed E-state index contributed by atoms with van der Waals surface area (Å²) in [5, 5.41) is 2.09. The average molecular weight is 266 g/mol. The van der Waals surface area contributed by atoms with Gasteiger partial charge in [0.15, 0.2) is 0 Å². The third kappa shape index (κ3) is 3.33. The van der Waals surface area contributed by atoms with Gasteiger partial charge in [-0.2, -0.15) is 0 Å². The van der Waals surface area contributed by atoms with Gasteiger partial charge in [0.1, 0.15) is 0 Å². The van der Waals surface area contributed by atoms with Gasteiger partial charge >= 0.3 is 0 Å². The minimum absolute atomic E-state index is 0.113. The van der Waals surface area contributed by atoms with Crippen molar-refractivity contribution in [2.45, 2.75) is 38.6 Å². The molecular formula is C14H22N2OS. The first kappa shape index (κ1) is 13.6. The molecule has 2 heterocycles. The molecule has 18 heavy (non-hydrogen) atoms. The van der Waals surface area contributed by atoms with Crippen molar-refractivity contribution in [2.24, 2.45) is 11.7 Å². The normalized spacial score (nSPS) is 24.6. The molecule has 0 radical (unpaired) electrons. The van der Waals surface area contributed by atoms with Crippen LogP contribution in [0.3, 0.4) is 0 Å². The summed E-state index contributed by atoms with van der Waals surface area (Å²) < 4.78 is 0. The number of rotatable bonds is 3. The van der Waals surface area contributed by atoms with Crippen molar-refractivity contribution in [3.63, 3.8) is 0 Å². The lowest BCUT2D eigenvalue weighted by Gasteiger charge is -2.36. The lowest BCUT2D eigenvalue weighted by Crippen LogP contribution is -2.48. The van der Waals surface area contributed by atoms with E-state index >= 15 is 0 Å². The van der Waals surface area contributed by atoms with E-state index in [4.69, 9.17) is 5.73 Å². The molecule has 2 rings (SSSR count). The molecule has 1 aliphatic rings. The standard InChI is InChI=1S/C14H22N2OS/c1-10(2)6-14(17)16-8-11(7-12(15)9-16)13-4-3-5-18-13/h3-5,10-12H,6-9,15H2,1-2H3. The van der Waals surface area contributed by atoms with Gasteiger partial charge in [0.2, 0.25) is 5.91 Å². The fraction of sp³-hybridized carbons (Fsp3) is 0.643. The third-order valence-corrected chi connectivity index (χ3v) is 4.40. The summed E-state index contributed by atoms with van der Waals surface area (Å²) in [7, 11) is 0. The minimum atomic E-state index is 0.113. The lowest BCUT2D eigenvalue weighted by atomic mass is 9.93. The zero-order valence-corrected chi connectivity index (χ0v) is 12.0. The highest BCUT2D eigenvalue weighted by Crippen LogP contribution is 2.30. The Morgan fingerprint density at radius 1 is 1.56 bits per heavy atom. The third-order valence-electron chi connectivity index (χ3n) is 3.36. The van der Waals surface area contributed by atoms with Gasteiger partial charge in [0.25, 0.3) is 0 Å². The predicted octanol–water partition coefficient (Wildman–Crippen LogP) is 2.44. The second-order valence-electron chi connectivity index (χ2n) is 5.60. The SMILES string of the molecule is CC(C)CC(=O)N1CC(N)CC(c2cccs2)C1. The van der Waals surface area contributed by atoms with Crippen LogP contribution in [0, 0.1) is 5.92 Å². The van der Waals surface area contributed by atoms with Crippen LogP contribution < -0.4 is 5.73 Å². The molecule has 1 fully saturated rings. The van der Waals surface area contributed by atoms with E-state index in [9.17, 15) is 4.79 Å². The van der Waals surface area contributed by atoms with Gasteiger partial charge in [-0.3, -0.25) is 4.79 Å². The fourth-order valence-corrected chi connectivity index (χ4v) is 3.38. The van der Waals surface area contributed by atoms with Gasteiger partial charge < -0.3 is 10.6 Å². The predicted molar refractivity (Wildman–Crippen MR) is 75.7 cm³/mol. The molecule has 4 heteroatoms. The van der Waals surface area contributed by atoms with E-state index < -0.39 is 0 Å². The Morgan fingerprint density at radius 2 is 2.33 bits per heavy atom. The molecule has 0 aliphatic carbocycles. The molecule has 0 aromatic carbocycles. The van der Waals surface area contributed by atoms with E-state index in [0.717, 1.165) is 13.0 Å². The summed E-state index contributed by atoms with van der Waals surface area (Å²) in [5.74, 6) is 1.09. The lowest BCUT2D eigenvalue weighted by molar-refractivity contribution is -0.133. The Bertz CT molecular complexity index is 389. The van der Waals surface area contributed by atoms with Crippen molar-refractivity contribution in [3.05, 3.63) is 22.4 Å². The van der Waals surface area contributed by atoms with E-state index in [2.05, 4.69) is 31.4 Å². The summed E-state index contributed by atoms with van der Waals surface area (Å²) in [5.41, 5.74) is 6.10. The fourth-order valence-electron chi connectivity index (χ4n) is 2.55. The van der Waals surface area contributed by atoms with Crippen LogP contribution in [0.2, 0.25) is 0 Å². The van der Waals surface area contributed by atoms with Crippen molar-refractivity contribution < 1.29 is 4.79 Å². The zero-order chi connectivity index (χ0) is 13.1. The first-order valence-electron chi connectivity index (χ1n) is 6.63. The smallest absolute Gasteiger partial charge is 0.222 e. The molecule has 0 spiro atoms. The van der Waals surface area contributed by atoms with Gasteiger partial charge in [-0.1, -0.05) is 19.9 Å². The number of likely N-dealkylation sites (tertiary alicyclic amines) is 1. The Labute approximate surface area is 113 Å². The second-order valence-corrected chi connectivity index (χ2v) is 6.58. The van der Waals surface area contributed by atoms with Crippen molar-refractivity contribution >= 4 is 17.2 Å². The maximum Gasteiger partial charge on any atom is 0.222 e. The average Bonchev–Trinajstić information content (AvgIpc) is 2.80. The molecule has 1 aliphatic heterocycles. The number of thiophene rings is 1. The van der Waals surface area contributed by atoms with Crippen molar-refractivity contribution in [1.82, 2.24) is 4.90 Å². The van der Waals surface area contributed by atoms with E-state index in [-0.39, 0.29) is 11.9 Å². The first-order valence-corrected chi connectivity index (χ1v) is 7.51. The number of carbonyl (C=O) groups excluding carboxylic acids is 1. The highest BCUT2D eigenvalue weighted by atomic mass is 32.1. The molecule has 0 bridgehead atoms. The molecule has 1 aromatic heterocycles. The van der Waals surface area contributed by atoms with Crippen LogP contribution in [0.15, 0.2) is 17.5 Å². The van der Waals surface area contributed by atoms with Gasteiger partial charge in [-0.05, 0) is 23.8 Å². The number of nitrogens with zero attached hydrogens (tertiary/aromatic N) is 1. The van der Waals surface area contributed by atoms with Crippen LogP contribution in [0.5, 0.6) is 0 Å². The van der Waals surface area contributed by atoms with E-state index in [1.807, 2.05) is 4.90 Å². The first-order chi connectivity index (χ1) is 8.56. The van der Waals surface area contributed by atoms with Crippen LogP contribution in [0.1, 0.15) is 37.5 Å². The zero-order valence-electron chi connectivity index (χ0n) is 11.1. The molecule has 0 saturated carbocycles. The van der Waals surface area contributed by atoms with Crippen LogP contribution in [-0.4, -0.2) is 29.9 Å². The molecule has 2 atom stereocenters. The largest absolute Gasteiger partial charge is 0.340 e. The molecule has 100 valence electrons. The molecule has 2 N–H and O–H groups in total. The maximum atomic E-state index is 12.1. The Kier molecular flexibility index (Phi) is 4.40. The quantitative estimate of drug-likeness (QED) is 0.913. The minimum Gasteiger partial charge on any atom is -0.340 e. The molecule has 2 unspecified atom stereocenters. The number of piperidine rings is 1. The molecule has 3 nitrogen and oxygen atoms in total. The van der Waals surface area contributed by atoms with Gasteiger partial charge in [0, 0.05) is 36.3 Å². The van der Waals surface area contributed by atoms with E-state index in [1.54, 1.807) is 11.3 Å². The number of hydrogen-bond acceptors (Lipinski definition) is 3. The number of amides is 1.